The summed E-state index contributed by atoms with van der Waals surface area (Å²) >= 11 is 1.63. The molecule has 7 rings (SSSR count). The number of halogens is 1. The van der Waals surface area contributed by atoms with E-state index in [1.165, 1.54) is 30.3 Å². The highest BCUT2D eigenvalue weighted by atomic mass is 32.1. The lowest BCUT2D eigenvalue weighted by Crippen LogP contribution is -2.53. The van der Waals surface area contributed by atoms with Gasteiger partial charge in [-0.15, -0.1) is 11.3 Å². The lowest BCUT2D eigenvalue weighted by molar-refractivity contribution is -0.146. The van der Waals surface area contributed by atoms with Crippen molar-refractivity contribution < 1.29 is 9.18 Å². The number of anilines is 1. The molecule has 4 saturated carbocycles. The van der Waals surface area contributed by atoms with Gasteiger partial charge in [0.05, 0.1) is 5.69 Å². The minimum absolute atomic E-state index is 0.0112. The fourth-order valence-corrected chi connectivity index (χ4v) is 8.68. The molecule has 1 aliphatic heterocycles. The Bertz CT molecular complexity index is 977. The number of hydrogen-bond donors (Lipinski definition) is 1. The van der Waals surface area contributed by atoms with E-state index < -0.39 is 0 Å². The Morgan fingerprint density at radius 1 is 1.03 bits per heavy atom. The molecule has 2 aromatic rings. The minimum atomic E-state index is -0.158. The van der Waals surface area contributed by atoms with E-state index in [2.05, 4.69) is 20.5 Å². The molecule has 4 nitrogen and oxygen atoms in total. The molecule has 33 heavy (non-hydrogen) atoms. The third-order valence-corrected chi connectivity index (χ3v) is 9.87. The second-order valence-electron chi connectivity index (χ2n) is 11.3. The number of unbranched alkanes of at least 4 members (excludes halogenated alkanes) is 1. The Morgan fingerprint density at radius 3 is 2.42 bits per heavy atom. The second-order valence-corrected chi connectivity index (χ2v) is 12.2. The second kappa shape index (κ2) is 8.84. The Morgan fingerprint density at radius 2 is 1.73 bits per heavy atom. The molecule has 6 heteroatoms. The van der Waals surface area contributed by atoms with Gasteiger partial charge in [-0.05, 0) is 93.9 Å². The summed E-state index contributed by atoms with van der Waals surface area (Å²) in [5.74, 6) is 2.70. The molecule has 1 saturated heterocycles. The number of amides is 1. The third-order valence-electron chi connectivity index (χ3n) is 8.94. The zero-order valence-corrected chi connectivity index (χ0v) is 20.3. The molecular weight excluding hydrogens is 433 g/mol. The minimum Gasteiger partial charge on any atom is -0.368 e. The molecule has 1 N–H and O–H groups in total. The van der Waals surface area contributed by atoms with Gasteiger partial charge in [0.2, 0.25) is 5.91 Å². The van der Waals surface area contributed by atoms with Crippen molar-refractivity contribution in [3.8, 4) is 0 Å². The summed E-state index contributed by atoms with van der Waals surface area (Å²) in [5, 5.41) is 6.68. The maximum atomic E-state index is 13.5. The van der Waals surface area contributed by atoms with Crippen LogP contribution in [0.2, 0.25) is 0 Å². The van der Waals surface area contributed by atoms with Gasteiger partial charge in [0.25, 0.3) is 0 Å². The number of carbonyl (C=O) groups is 1. The lowest BCUT2D eigenvalue weighted by Gasteiger charge is -2.55. The van der Waals surface area contributed by atoms with Gasteiger partial charge in [-0.3, -0.25) is 9.69 Å². The Hall–Kier alpha value is -1.66. The molecule has 2 heterocycles. The Kier molecular flexibility index (Phi) is 5.86. The van der Waals surface area contributed by atoms with E-state index >= 15 is 0 Å². The Balaban J connectivity index is 0.921. The van der Waals surface area contributed by atoms with Crippen molar-refractivity contribution in [2.45, 2.75) is 51.4 Å². The molecule has 1 aromatic heterocycles. The van der Waals surface area contributed by atoms with Gasteiger partial charge >= 0.3 is 0 Å². The number of piperazine rings is 1. The van der Waals surface area contributed by atoms with E-state index in [9.17, 15) is 9.18 Å². The van der Waals surface area contributed by atoms with Crippen LogP contribution in [0.3, 0.4) is 0 Å². The van der Waals surface area contributed by atoms with E-state index in [4.69, 9.17) is 0 Å². The monoisotopic (exact) mass is 469 g/mol. The summed E-state index contributed by atoms with van der Waals surface area (Å²) in [7, 11) is 0. The number of fused-ring (bicyclic) bond motifs is 1. The predicted molar refractivity (Wildman–Crippen MR) is 133 cm³/mol. The lowest BCUT2D eigenvalue weighted by atomic mass is 9.49. The molecule has 4 bridgehead atoms. The van der Waals surface area contributed by atoms with Crippen LogP contribution in [0.5, 0.6) is 0 Å². The number of benzene rings is 1. The molecule has 0 radical (unpaired) electrons. The number of nitrogens with one attached hydrogen (secondary N) is 1. The van der Waals surface area contributed by atoms with Gasteiger partial charge in [-0.1, -0.05) is 0 Å². The number of thiophene rings is 1. The summed E-state index contributed by atoms with van der Waals surface area (Å²) in [6, 6.07) is 5.12. The highest BCUT2D eigenvalue weighted by Gasteiger charge is 2.54. The van der Waals surface area contributed by atoms with Crippen LogP contribution < -0.4 is 10.2 Å². The maximum Gasteiger partial charge on any atom is 0.226 e. The number of rotatable bonds is 7. The molecule has 5 aliphatic rings. The average molecular weight is 470 g/mol. The standard InChI is InChI=1S/C27H36FN3OS/c28-22-3-4-23-24(18-33-25(23)14-22)31-9-7-30(8-10-31)6-2-1-5-29-26(32)27-15-19-11-20(16-27)13-21(12-19)17-27/h3-4,14,18-21H,1-2,5-13,15-17H2,(H,29,32). The largest absolute Gasteiger partial charge is 0.368 e. The van der Waals surface area contributed by atoms with Crippen LogP contribution in [0, 0.1) is 29.0 Å². The van der Waals surface area contributed by atoms with E-state index in [0.29, 0.717) is 5.91 Å². The third kappa shape index (κ3) is 4.29. The smallest absolute Gasteiger partial charge is 0.226 e. The number of nitrogens with zero attached hydrogens (tertiary/aromatic N) is 2. The van der Waals surface area contributed by atoms with Gasteiger partial charge in [-0.2, -0.15) is 0 Å². The van der Waals surface area contributed by atoms with E-state index in [1.807, 2.05) is 6.07 Å². The average Bonchev–Trinajstić information content (AvgIpc) is 3.21. The van der Waals surface area contributed by atoms with E-state index in [0.717, 1.165) is 93.8 Å². The van der Waals surface area contributed by atoms with Crippen molar-refractivity contribution in [1.29, 1.82) is 0 Å². The van der Waals surface area contributed by atoms with Crippen LogP contribution in [0.1, 0.15) is 51.4 Å². The molecule has 0 spiro atoms. The topological polar surface area (TPSA) is 35.6 Å². The first-order chi connectivity index (χ1) is 16.1. The highest BCUT2D eigenvalue weighted by Crippen LogP contribution is 2.60. The zero-order chi connectivity index (χ0) is 22.4. The van der Waals surface area contributed by atoms with Gasteiger partial charge in [0, 0.05) is 53.6 Å². The first kappa shape index (κ1) is 21.8. The van der Waals surface area contributed by atoms with Gasteiger partial charge < -0.3 is 10.2 Å². The van der Waals surface area contributed by atoms with Crippen LogP contribution in [0.4, 0.5) is 10.1 Å². The number of carbonyl (C=O) groups excluding carboxylic acids is 1. The molecule has 0 unspecified atom stereocenters. The fourth-order valence-electron chi connectivity index (χ4n) is 7.68. The van der Waals surface area contributed by atoms with Crippen molar-refractivity contribution >= 4 is 33.0 Å². The molecule has 1 amide bonds. The quantitative estimate of drug-likeness (QED) is 0.561. The molecule has 5 fully saturated rings. The summed E-state index contributed by atoms with van der Waals surface area (Å²) in [4.78, 5) is 18.1. The SMILES string of the molecule is O=C(NCCCCN1CCN(c2csc3cc(F)ccc23)CC1)C12CC3CC(CC(C3)C1)C2. The van der Waals surface area contributed by atoms with Crippen molar-refractivity contribution in [3.63, 3.8) is 0 Å². The summed E-state index contributed by atoms with van der Waals surface area (Å²) in [6.45, 7) is 6.11. The van der Waals surface area contributed by atoms with Gasteiger partial charge in [-0.25, -0.2) is 4.39 Å². The molecule has 1 aromatic carbocycles. The van der Waals surface area contributed by atoms with E-state index in [1.54, 1.807) is 23.5 Å². The molecular formula is C27H36FN3OS. The van der Waals surface area contributed by atoms with Crippen LogP contribution in [0.25, 0.3) is 10.1 Å². The number of hydrogen-bond acceptors (Lipinski definition) is 4. The first-order valence-electron chi connectivity index (χ1n) is 13.0. The van der Waals surface area contributed by atoms with Crippen LogP contribution >= 0.6 is 11.3 Å². The molecule has 178 valence electrons. The predicted octanol–water partition coefficient (Wildman–Crippen LogP) is 5.28. The molecule has 0 atom stereocenters. The molecule has 4 aliphatic carbocycles. The normalized spacial score (nSPS) is 31.4. The summed E-state index contributed by atoms with van der Waals surface area (Å²) in [6.07, 6.45) is 9.85. The summed E-state index contributed by atoms with van der Waals surface area (Å²) in [5.41, 5.74) is 1.24. The van der Waals surface area contributed by atoms with Crippen LogP contribution in [-0.2, 0) is 4.79 Å². The highest BCUT2D eigenvalue weighted by molar-refractivity contribution is 7.17. The van der Waals surface area contributed by atoms with Crippen molar-refractivity contribution in [2.75, 3.05) is 44.2 Å². The van der Waals surface area contributed by atoms with Crippen LogP contribution in [0.15, 0.2) is 23.6 Å². The summed E-state index contributed by atoms with van der Waals surface area (Å²) < 4.78 is 14.5. The van der Waals surface area contributed by atoms with E-state index in [-0.39, 0.29) is 11.2 Å². The zero-order valence-electron chi connectivity index (χ0n) is 19.5. The van der Waals surface area contributed by atoms with Gasteiger partial charge in [0.15, 0.2) is 0 Å². The Labute approximate surface area is 200 Å². The van der Waals surface area contributed by atoms with Crippen molar-refractivity contribution in [2.24, 2.45) is 23.2 Å². The fraction of sp³-hybridized carbons (Fsp3) is 0.667. The van der Waals surface area contributed by atoms with Gasteiger partial charge in [0.1, 0.15) is 5.82 Å². The van der Waals surface area contributed by atoms with Crippen molar-refractivity contribution in [1.82, 2.24) is 10.2 Å². The van der Waals surface area contributed by atoms with Crippen LogP contribution in [-0.4, -0.2) is 50.1 Å². The van der Waals surface area contributed by atoms with Crippen molar-refractivity contribution in [3.05, 3.63) is 29.4 Å². The first-order valence-corrected chi connectivity index (χ1v) is 13.9. The maximum absolute atomic E-state index is 13.5.